The van der Waals surface area contributed by atoms with Crippen LogP contribution in [0.25, 0.3) is 11.4 Å². The summed E-state index contributed by atoms with van der Waals surface area (Å²) in [6, 6.07) is 5.45. The minimum absolute atomic E-state index is 0.226. The number of nitrogens with zero attached hydrogens (tertiary/aromatic N) is 5. The van der Waals surface area contributed by atoms with Crippen molar-refractivity contribution in [3.8, 4) is 17.1 Å². The van der Waals surface area contributed by atoms with Crippen LogP contribution in [0.15, 0.2) is 24.3 Å². The number of halogens is 4. The summed E-state index contributed by atoms with van der Waals surface area (Å²) in [5, 5.41) is 8.55. The maximum atomic E-state index is 13.2. The van der Waals surface area contributed by atoms with E-state index in [0.717, 1.165) is 11.6 Å². The van der Waals surface area contributed by atoms with Crippen molar-refractivity contribution < 1.29 is 22.7 Å². The normalized spacial score (nSPS) is 16.2. The maximum absolute atomic E-state index is 13.2. The van der Waals surface area contributed by atoms with Crippen LogP contribution in [0, 0.1) is 0 Å². The number of methoxy groups -OCH3 is 1. The number of carbonyl (C=O) groups excluding carboxylic acids is 1. The van der Waals surface area contributed by atoms with Gasteiger partial charge in [-0.15, -0.1) is 0 Å². The van der Waals surface area contributed by atoms with Crippen LogP contribution in [0.3, 0.4) is 0 Å². The number of alkyl halides is 3. The molecule has 1 aliphatic rings. The molecule has 0 saturated carbocycles. The first-order chi connectivity index (χ1) is 15.0. The topological polar surface area (TPSA) is 65.2 Å². The molecule has 4 rings (SSSR count). The summed E-state index contributed by atoms with van der Waals surface area (Å²) >= 11 is 6.12. The Morgan fingerprint density at radius 3 is 2.50 bits per heavy atom. The number of benzene rings is 1. The van der Waals surface area contributed by atoms with Crippen LogP contribution in [-0.4, -0.2) is 44.0 Å². The largest absolute Gasteiger partial charge is 0.497 e. The fourth-order valence-corrected chi connectivity index (χ4v) is 4.36. The highest BCUT2D eigenvalue weighted by atomic mass is 35.5. The molecular weight excluding hydrogens is 447 g/mol. The van der Waals surface area contributed by atoms with Crippen molar-refractivity contribution in [2.24, 2.45) is 14.1 Å². The van der Waals surface area contributed by atoms with Crippen molar-refractivity contribution in [3.05, 3.63) is 51.8 Å². The summed E-state index contributed by atoms with van der Waals surface area (Å²) < 4.78 is 47.4. The molecule has 0 saturated heterocycles. The van der Waals surface area contributed by atoms with Gasteiger partial charge in [0.1, 0.15) is 5.75 Å². The lowest BCUT2D eigenvalue weighted by molar-refractivity contribution is -0.141. The SMILES string of the molecule is COc1cc(Cl)cc(C(=O)N2CCc3c(nn(C)c3-c3cc(C(F)(F)F)nn3C)C2C)c1. The number of rotatable bonds is 3. The smallest absolute Gasteiger partial charge is 0.435 e. The monoisotopic (exact) mass is 467 g/mol. The predicted octanol–water partition coefficient (Wildman–Crippen LogP) is 4.26. The molecule has 0 aliphatic carbocycles. The predicted molar refractivity (Wildman–Crippen MR) is 112 cm³/mol. The molecule has 0 bridgehead atoms. The molecule has 3 heterocycles. The van der Waals surface area contributed by atoms with Crippen LogP contribution in [0.2, 0.25) is 5.02 Å². The molecule has 32 heavy (non-hydrogen) atoms. The average molecular weight is 468 g/mol. The van der Waals surface area contributed by atoms with E-state index in [1.807, 2.05) is 6.92 Å². The van der Waals surface area contributed by atoms with E-state index < -0.39 is 11.9 Å². The second-order valence-corrected chi connectivity index (χ2v) is 8.11. The maximum Gasteiger partial charge on any atom is 0.435 e. The Labute approximate surface area is 187 Å². The van der Waals surface area contributed by atoms with Gasteiger partial charge in [-0.05, 0) is 37.6 Å². The van der Waals surface area contributed by atoms with Crippen LogP contribution in [0.1, 0.15) is 40.3 Å². The quantitative estimate of drug-likeness (QED) is 0.577. The first-order valence-corrected chi connectivity index (χ1v) is 10.2. The molecule has 170 valence electrons. The molecule has 1 amide bonds. The van der Waals surface area contributed by atoms with E-state index in [0.29, 0.717) is 46.4 Å². The standard InChI is InChI=1S/C21H21ClF3N5O2/c1-11-18-15(5-6-30(11)20(31)12-7-13(22)9-14(8-12)32-4)19(29(3)27-18)16-10-17(21(23,24)25)26-28(16)2/h7-11H,5-6H2,1-4H3. The molecule has 7 nitrogen and oxygen atoms in total. The van der Waals surface area contributed by atoms with Crippen molar-refractivity contribution >= 4 is 17.5 Å². The fraction of sp³-hybridized carbons (Fsp3) is 0.381. The van der Waals surface area contributed by atoms with Crippen molar-refractivity contribution in [2.45, 2.75) is 25.6 Å². The number of hydrogen-bond donors (Lipinski definition) is 0. The van der Waals surface area contributed by atoms with Gasteiger partial charge in [0.05, 0.1) is 30.2 Å². The summed E-state index contributed by atoms with van der Waals surface area (Å²) in [6.45, 7) is 2.23. The number of aryl methyl sites for hydroxylation is 2. The Kier molecular flexibility index (Phi) is 5.44. The molecule has 3 aromatic rings. The van der Waals surface area contributed by atoms with Gasteiger partial charge in [-0.2, -0.15) is 23.4 Å². The highest BCUT2D eigenvalue weighted by Crippen LogP contribution is 2.38. The third-order valence-corrected chi connectivity index (χ3v) is 5.89. The van der Waals surface area contributed by atoms with E-state index in [1.54, 1.807) is 34.8 Å². The second-order valence-electron chi connectivity index (χ2n) is 7.68. The van der Waals surface area contributed by atoms with E-state index in [4.69, 9.17) is 16.3 Å². The van der Waals surface area contributed by atoms with Gasteiger partial charge in [0.2, 0.25) is 0 Å². The Bertz CT molecular complexity index is 1200. The molecule has 0 fully saturated rings. The Hall–Kier alpha value is -3.01. The Morgan fingerprint density at radius 2 is 1.88 bits per heavy atom. The van der Waals surface area contributed by atoms with Gasteiger partial charge in [0, 0.05) is 36.8 Å². The van der Waals surface area contributed by atoms with Crippen molar-refractivity contribution in [1.29, 1.82) is 0 Å². The molecule has 1 atom stereocenters. The van der Waals surface area contributed by atoms with Crippen LogP contribution < -0.4 is 4.74 Å². The first kappa shape index (κ1) is 22.2. The van der Waals surface area contributed by atoms with Crippen molar-refractivity contribution in [1.82, 2.24) is 24.5 Å². The van der Waals surface area contributed by atoms with Gasteiger partial charge in [-0.3, -0.25) is 14.2 Å². The molecule has 1 aliphatic heterocycles. The van der Waals surface area contributed by atoms with Crippen LogP contribution in [0.5, 0.6) is 5.75 Å². The van der Waals surface area contributed by atoms with Gasteiger partial charge in [-0.1, -0.05) is 11.6 Å². The number of amides is 1. The summed E-state index contributed by atoms with van der Waals surface area (Å²) in [5.41, 5.74) is 1.77. The summed E-state index contributed by atoms with van der Waals surface area (Å²) in [4.78, 5) is 14.9. The summed E-state index contributed by atoms with van der Waals surface area (Å²) in [5.74, 6) is 0.249. The zero-order valence-corrected chi connectivity index (χ0v) is 18.6. The number of carbonyl (C=O) groups is 1. The average Bonchev–Trinajstić information content (AvgIpc) is 3.26. The number of fused-ring (bicyclic) bond motifs is 1. The zero-order chi connectivity index (χ0) is 23.4. The molecule has 1 unspecified atom stereocenters. The molecular formula is C21H21ClF3N5O2. The molecule has 1 aromatic carbocycles. The number of hydrogen-bond acceptors (Lipinski definition) is 4. The lowest BCUT2D eigenvalue weighted by atomic mass is 9.96. The van der Waals surface area contributed by atoms with Crippen LogP contribution in [0.4, 0.5) is 13.2 Å². The number of aromatic nitrogens is 4. The van der Waals surface area contributed by atoms with Gasteiger partial charge in [-0.25, -0.2) is 0 Å². The number of ether oxygens (including phenoxy) is 1. The van der Waals surface area contributed by atoms with Crippen LogP contribution >= 0.6 is 11.6 Å². The molecule has 11 heteroatoms. The highest BCUT2D eigenvalue weighted by molar-refractivity contribution is 6.31. The van der Waals surface area contributed by atoms with Crippen LogP contribution in [-0.2, 0) is 26.7 Å². The van der Waals surface area contributed by atoms with E-state index >= 15 is 0 Å². The zero-order valence-electron chi connectivity index (χ0n) is 17.9. The second kappa shape index (κ2) is 7.84. The van der Waals surface area contributed by atoms with E-state index in [-0.39, 0.29) is 11.9 Å². The summed E-state index contributed by atoms with van der Waals surface area (Å²) in [6.07, 6.45) is -4.10. The van der Waals surface area contributed by atoms with Crippen molar-refractivity contribution in [2.75, 3.05) is 13.7 Å². The third-order valence-electron chi connectivity index (χ3n) is 5.67. The lowest BCUT2D eigenvalue weighted by Gasteiger charge is -2.33. The van der Waals surface area contributed by atoms with E-state index in [2.05, 4.69) is 10.2 Å². The van der Waals surface area contributed by atoms with Gasteiger partial charge in [0.15, 0.2) is 5.69 Å². The lowest BCUT2D eigenvalue weighted by Crippen LogP contribution is -2.39. The first-order valence-electron chi connectivity index (χ1n) is 9.84. The van der Waals surface area contributed by atoms with Gasteiger partial charge < -0.3 is 9.64 Å². The Morgan fingerprint density at radius 1 is 1.16 bits per heavy atom. The van der Waals surface area contributed by atoms with E-state index in [1.165, 1.54) is 18.8 Å². The Balaban J connectivity index is 1.70. The van der Waals surface area contributed by atoms with Crippen molar-refractivity contribution in [3.63, 3.8) is 0 Å². The summed E-state index contributed by atoms with van der Waals surface area (Å²) in [7, 11) is 4.64. The highest BCUT2D eigenvalue weighted by Gasteiger charge is 2.37. The molecule has 0 radical (unpaired) electrons. The fourth-order valence-electron chi connectivity index (χ4n) is 4.14. The van der Waals surface area contributed by atoms with Gasteiger partial charge in [0.25, 0.3) is 5.91 Å². The molecule has 0 spiro atoms. The minimum atomic E-state index is -4.54. The minimum Gasteiger partial charge on any atom is -0.497 e. The molecule has 2 aromatic heterocycles. The third kappa shape index (κ3) is 3.72. The van der Waals surface area contributed by atoms with E-state index in [9.17, 15) is 18.0 Å². The molecule has 0 N–H and O–H groups in total. The van der Waals surface area contributed by atoms with Gasteiger partial charge >= 0.3 is 6.18 Å².